The molecule has 0 saturated heterocycles. The molecule has 1 aliphatic carbocycles. The minimum absolute atomic E-state index is 0.116. The van der Waals surface area contributed by atoms with Gasteiger partial charge >= 0.3 is 0 Å². The van der Waals surface area contributed by atoms with Crippen LogP contribution in [0, 0.1) is 20.8 Å². The van der Waals surface area contributed by atoms with E-state index in [1.165, 1.54) is 12.3 Å². The fourth-order valence-corrected chi connectivity index (χ4v) is 4.60. The Bertz CT molecular complexity index is 1030. The van der Waals surface area contributed by atoms with Crippen molar-refractivity contribution < 1.29 is 18.0 Å². The summed E-state index contributed by atoms with van der Waals surface area (Å²) in [5.41, 5.74) is 4.50. The summed E-state index contributed by atoms with van der Waals surface area (Å²) in [5.74, 6) is -1.31. The second-order valence-corrected chi connectivity index (χ2v) is 8.78. The average Bonchev–Trinajstić information content (AvgIpc) is 3.06. The van der Waals surface area contributed by atoms with Crippen molar-refractivity contribution in [3.8, 4) is 0 Å². The lowest BCUT2D eigenvalue weighted by Gasteiger charge is -2.16. The third kappa shape index (κ3) is 3.17. The molecule has 1 aliphatic rings. The Balaban J connectivity index is 1.96. The fourth-order valence-electron chi connectivity index (χ4n) is 3.76. The predicted molar refractivity (Wildman–Crippen MR) is 99.9 cm³/mol. The highest BCUT2D eigenvalue weighted by atomic mass is 32.2. The van der Waals surface area contributed by atoms with Crippen molar-refractivity contribution in [2.24, 2.45) is 0 Å². The van der Waals surface area contributed by atoms with Gasteiger partial charge in [0, 0.05) is 23.9 Å². The summed E-state index contributed by atoms with van der Waals surface area (Å²) in [6.07, 6.45) is 4.03. The van der Waals surface area contributed by atoms with Crippen LogP contribution in [0.4, 0.5) is 0 Å². The fraction of sp³-hybridized carbons (Fsp3) is 0.300. The molecule has 0 amide bonds. The number of rotatable bonds is 4. The minimum Gasteiger partial charge on any atom is -0.294 e. The molecule has 0 spiro atoms. The number of ketones is 2. The Morgan fingerprint density at radius 2 is 1.69 bits per heavy atom. The lowest BCUT2D eigenvalue weighted by atomic mass is 9.85. The van der Waals surface area contributed by atoms with Gasteiger partial charge in [-0.2, -0.15) is 0 Å². The Labute approximate surface area is 153 Å². The standard InChI is InChI=1S/C20H21NO4S/c1-12-8-13(2)18(14(3)9-12)19-17(22)11-15(20(19)23)10-16-6-5-7-21(16)26(4,24)25/h5-9,11,19H,10H2,1-4H3. The number of aromatic nitrogens is 1. The molecular formula is C20H21NO4S. The molecule has 0 radical (unpaired) electrons. The van der Waals surface area contributed by atoms with Gasteiger partial charge in [-0.15, -0.1) is 0 Å². The molecular weight excluding hydrogens is 350 g/mol. The van der Waals surface area contributed by atoms with Crippen LogP contribution in [0.15, 0.2) is 42.1 Å². The average molecular weight is 371 g/mol. The molecule has 0 aliphatic heterocycles. The Hall–Kier alpha value is -2.47. The predicted octanol–water partition coefficient (Wildman–Crippen LogP) is 2.63. The highest BCUT2D eigenvalue weighted by Gasteiger charge is 2.37. The lowest BCUT2D eigenvalue weighted by Crippen LogP contribution is -2.19. The molecule has 0 bridgehead atoms. The van der Waals surface area contributed by atoms with Crippen LogP contribution in [0.3, 0.4) is 0 Å². The molecule has 2 aromatic rings. The summed E-state index contributed by atoms with van der Waals surface area (Å²) in [5, 5.41) is 0. The normalized spacial score (nSPS) is 17.7. The van der Waals surface area contributed by atoms with Crippen LogP contribution in [0.1, 0.15) is 33.9 Å². The Morgan fingerprint density at radius 3 is 2.27 bits per heavy atom. The van der Waals surface area contributed by atoms with Gasteiger partial charge in [-0.3, -0.25) is 9.59 Å². The van der Waals surface area contributed by atoms with E-state index in [9.17, 15) is 18.0 Å². The first-order valence-electron chi connectivity index (χ1n) is 8.32. The number of hydrogen-bond donors (Lipinski definition) is 0. The lowest BCUT2D eigenvalue weighted by molar-refractivity contribution is -0.122. The number of Topliss-reactive ketones (excluding diaryl/α,β-unsaturated/α-hetero) is 1. The molecule has 6 heteroatoms. The summed E-state index contributed by atoms with van der Waals surface area (Å²) in [7, 11) is -3.45. The van der Waals surface area contributed by atoms with E-state index in [0.717, 1.165) is 32.5 Å². The zero-order chi connectivity index (χ0) is 19.2. The zero-order valence-electron chi connectivity index (χ0n) is 15.2. The number of carbonyl (C=O) groups is 2. The van der Waals surface area contributed by atoms with Gasteiger partial charge in [0.05, 0.1) is 6.26 Å². The molecule has 0 N–H and O–H groups in total. The van der Waals surface area contributed by atoms with Crippen molar-refractivity contribution in [3.63, 3.8) is 0 Å². The molecule has 26 heavy (non-hydrogen) atoms. The third-order valence-electron chi connectivity index (χ3n) is 4.73. The molecule has 1 aromatic carbocycles. The molecule has 1 heterocycles. The summed E-state index contributed by atoms with van der Waals surface area (Å²) in [6.45, 7) is 5.79. The number of allylic oxidation sites excluding steroid dienone is 2. The highest BCUT2D eigenvalue weighted by Crippen LogP contribution is 2.34. The number of nitrogens with zero attached hydrogens (tertiary/aromatic N) is 1. The molecule has 1 atom stereocenters. The van der Waals surface area contributed by atoms with Gasteiger partial charge in [-0.05, 0) is 55.7 Å². The van der Waals surface area contributed by atoms with Crippen molar-refractivity contribution in [3.05, 3.63) is 70.1 Å². The Kier molecular flexibility index (Phi) is 4.48. The van der Waals surface area contributed by atoms with E-state index < -0.39 is 15.9 Å². The van der Waals surface area contributed by atoms with Crippen molar-refractivity contribution >= 4 is 21.6 Å². The van der Waals surface area contributed by atoms with Gasteiger partial charge in [-0.1, -0.05) is 17.7 Å². The quantitative estimate of drug-likeness (QED) is 0.775. The van der Waals surface area contributed by atoms with E-state index in [2.05, 4.69) is 0 Å². The Morgan fingerprint density at radius 1 is 1.08 bits per heavy atom. The molecule has 1 unspecified atom stereocenters. The molecule has 1 aromatic heterocycles. The van der Waals surface area contributed by atoms with Crippen LogP contribution >= 0.6 is 0 Å². The maximum atomic E-state index is 12.9. The van der Waals surface area contributed by atoms with Gasteiger partial charge < -0.3 is 0 Å². The molecule has 0 saturated carbocycles. The van der Waals surface area contributed by atoms with Gasteiger partial charge in [0.2, 0.25) is 10.0 Å². The van der Waals surface area contributed by atoms with Crippen molar-refractivity contribution in [1.29, 1.82) is 0 Å². The van der Waals surface area contributed by atoms with E-state index in [-0.39, 0.29) is 18.0 Å². The van der Waals surface area contributed by atoms with Crippen LogP contribution in [0.2, 0.25) is 0 Å². The summed E-state index contributed by atoms with van der Waals surface area (Å²) in [6, 6.07) is 7.20. The van der Waals surface area contributed by atoms with E-state index in [1.54, 1.807) is 12.1 Å². The van der Waals surface area contributed by atoms with Crippen molar-refractivity contribution in [1.82, 2.24) is 3.97 Å². The second-order valence-electron chi connectivity index (χ2n) is 6.92. The monoisotopic (exact) mass is 371 g/mol. The summed E-state index contributed by atoms with van der Waals surface area (Å²) < 4.78 is 24.8. The zero-order valence-corrected chi connectivity index (χ0v) is 16.1. The topological polar surface area (TPSA) is 73.2 Å². The smallest absolute Gasteiger partial charge is 0.235 e. The van der Waals surface area contributed by atoms with Gasteiger partial charge in [0.1, 0.15) is 5.92 Å². The maximum Gasteiger partial charge on any atom is 0.235 e. The summed E-state index contributed by atoms with van der Waals surface area (Å²) in [4.78, 5) is 25.5. The first kappa shape index (κ1) is 18.3. The first-order valence-corrected chi connectivity index (χ1v) is 10.2. The minimum atomic E-state index is -3.45. The number of hydrogen-bond acceptors (Lipinski definition) is 4. The SMILES string of the molecule is Cc1cc(C)c(C2C(=O)C=C(Cc3cccn3S(C)(=O)=O)C2=O)c(C)c1. The molecule has 0 fully saturated rings. The number of benzene rings is 1. The summed E-state index contributed by atoms with van der Waals surface area (Å²) >= 11 is 0. The van der Waals surface area contributed by atoms with Gasteiger partial charge in [0.15, 0.2) is 11.6 Å². The maximum absolute atomic E-state index is 12.9. The number of aryl methyl sites for hydroxylation is 3. The van der Waals surface area contributed by atoms with Crippen LogP contribution in [0.5, 0.6) is 0 Å². The van der Waals surface area contributed by atoms with E-state index >= 15 is 0 Å². The van der Waals surface area contributed by atoms with E-state index in [4.69, 9.17) is 0 Å². The van der Waals surface area contributed by atoms with Crippen LogP contribution in [0.25, 0.3) is 0 Å². The molecule has 136 valence electrons. The highest BCUT2D eigenvalue weighted by molar-refractivity contribution is 7.89. The van der Waals surface area contributed by atoms with E-state index in [1.807, 2.05) is 32.9 Å². The van der Waals surface area contributed by atoms with Crippen LogP contribution < -0.4 is 0 Å². The molecule has 3 rings (SSSR count). The van der Waals surface area contributed by atoms with Crippen molar-refractivity contribution in [2.45, 2.75) is 33.1 Å². The number of carbonyl (C=O) groups excluding carboxylic acids is 2. The first-order chi connectivity index (χ1) is 12.1. The third-order valence-corrected chi connectivity index (χ3v) is 5.80. The van der Waals surface area contributed by atoms with Gasteiger partial charge in [0.25, 0.3) is 0 Å². The van der Waals surface area contributed by atoms with Crippen LogP contribution in [-0.2, 0) is 26.0 Å². The van der Waals surface area contributed by atoms with Crippen molar-refractivity contribution in [2.75, 3.05) is 6.26 Å². The molecule has 5 nitrogen and oxygen atoms in total. The van der Waals surface area contributed by atoms with Crippen LogP contribution in [-0.4, -0.2) is 30.2 Å². The largest absolute Gasteiger partial charge is 0.294 e. The van der Waals surface area contributed by atoms with Gasteiger partial charge in [-0.25, -0.2) is 12.4 Å². The van der Waals surface area contributed by atoms with E-state index in [0.29, 0.717) is 11.3 Å². The second kappa shape index (κ2) is 6.36.